The summed E-state index contributed by atoms with van der Waals surface area (Å²) in [7, 11) is 0. The number of rotatable bonds is 1. The van der Waals surface area contributed by atoms with Crippen molar-refractivity contribution in [2.45, 2.75) is 38.5 Å². The number of ketones is 1. The van der Waals surface area contributed by atoms with Gasteiger partial charge < -0.3 is 0 Å². The number of carbonyl (C=O) groups excluding carboxylic acids is 2. The second-order valence-corrected chi connectivity index (χ2v) is 4.29. The zero-order chi connectivity index (χ0) is 10.4. The molecular formula is C9H13IN2O2. The van der Waals surface area contributed by atoms with E-state index in [2.05, 4.69) is 10.5 Å². The zero-order valence-electron chi connectivity index (χ0n) is 7.88. The average Bonchev–Trinajstić information content (AvgIpc) is 2.08. The molecule has 0 heterocycles. The average molecular weight is 308 g/mol. The van der Waals surface area contributed by atoms with Gasteiger partial charge in [0.25, 0.3) is 0 Å². The summed E-state index contributed by atoms with van der Waals surface area (Å²) in [6.07, 6.45) is 4.66. The molecule has 0 aromatic rings. The van der Waals surface area contributed by atoms with E-state index in [0.717, 1.165) is 31.4 Å². The summed E-state index contributed by atoms with van der Waals surface area (Å²) in [5.74, 6) is 0.349. The van der Waals surface area contributed by atoms with Crippen LogP contribution in [0.1, 0.15) is 38.5 Å². The largest absolute Gasteiger partial charge is 0.300 e. The van der Waals surface area contributed by atoms with Crippen LogP contribution < -0.4 is 5.43 Å². The van der Waals surface area contributed by atoms with Crippen LogP contribution in [0.15, 0.2) is 5.10 Å². The Morgan fingerprint density at radius 2 is 1.79 bits per heavy atom. The Hall–Kier alpha value is -0.460. The van der Waals surface area contributed by atoms with E-state index in [4.69, 9.17) is 0 Å². The Labute approximate surface area is 96.7 Å². The topological polar surface area (TPSA) is 58.5 Å². The Balaban J connectivity index is 2.42. The molecule has 0 saturated heterocycles. The molecule has 0 unspecified atom stereocenters. The molecular weight excluding hydrogens is 295 g/mol. The second kappa shape index (κ2) is 6.10. The molecule has 4 nitrogen and oxygen atoms in total. The molecule has 1 amide bonds. The van der Waals surface area contributed by atoms with E-state index in [9.17, 15) is 9.59 Å². The lowest BCUT2D eigenvalue weighted by molar-refractivity contribution is -0.119. The highest BCUT2D eigenvalue weighted by Crippen LogP contribution is 2.12. The van der Waals surface area contributed by atoms with Crippen molar-refractivity contribution in [3.63, 3.8) is 0 Å². The lowest BCUT2D eigenvalue weighted by atomic mass is 9.98. The van der Waals surface area contributed by atoms with Gasteiger partial charge in [0.1, 0.15) is 5.78 Å². The fourth-order valence-electron chi connectivity index (χ4n) is 1.46. The number of hydrogen-bond acceptors (Lipinski definition) is 3. The first kappa shape index (κ1) is 11.6. The third-order valence-electron chi connectivity index (χ3n) is 2.14. The lowest BCUT2D eigenvalue weighted by Crippen LogP contribution is -2.14. The first-order valence-electron chi connectivity index (χ1n) is 4.71. The fraction of sp³-hybridized carbons (Fsp3) is 0.667. The highest BCUT2D eigenvalue weighted by atomic mass is 127. The molecule has 14 heavy (non-hydrogen) atoms. The molecule has 0 radical (unpaired) electrons. The summed E-state index contributed by atoms with van der Waals surface area (Å²) in [4.78, 5) is 21.7. The monoisotopic (exact) mass is 308 g/mol. The Morgan fingerprint density at radius 1 is 1.21 bits per heavy atom. The molecule has 0 aliphatic heterocycles. The van der Waals surface area contributed by atoms with E-state index >= 15 is 0 Å². The fourth-order valence-corrected chi connectivity index (χ4v) is 1.58. The lowest BCUT2D eigenvalue weighted by Gasteiger charge is -2.09. The third-order valence-corrected chi connectivity index (χ3v) is 2.39. The van der Waals surface area contributed by atoms with Gasteiger partial charge in [-0.2, -0.15) is 5.10 Å². The van der Waals surface area contributed by atoms with Crippen LogP contribution in [0.2, 0.25) is 0 Å². The molecule has 1 aliphatic carbocycles. The maximum absolute atomic E-state index is 11.1. The number of Topliss-reactive ketones (excluding diaryl/α,β-unsaturated/α-hetero) is 1. The van der Waals surface area contributed by atoms with Crippen LogP contribution in [0.3, 0.4) is 0 Å². The highest BCUT2D eigenvalue weighted by Gasteiger charge is 2.10. The zero-order valence-corrected chi connectivity index (χ0v) is 10.0. The van der Waals surface area contributed by atoms with E-state index in [1.165, 1.54) is 0 Å². The van der Waals surface area contributed by atoms with Crippen molar-refractivity contribution in [3.8, 4) is 0 Å². The van der Waals surface area contributed by atoms with Gasteiger partial charge in [0.15, 0.2) is 0 Å². The van der Waals surface area contributed by atoms with Crippen molar-refractivity contribution in [2.75, 3.05) is 0 Å². The van der Waals surface area contributed by atoms with Gasteiger partial charge in [0.2, 0.25) is 0 Å². The summed E-state index contributed by atoms with van der Waals surface area (Å²) >= 11 is 1.65. The predicted molar refractivity (Wildman–Crippen MR) is 62.7 cm³/mol. The molecule has 0 aromatic carbocycles. The first-order valence-corrected chi connectivity index (χ1v) is 5.79. The van der Waals surface area contributed by atoms with Crippen molar-refractivity contribution in [2.24, 2.45) is 5.10 Å². The van der Waals surface area contributed by atoms with Crippen LogP contribution in [0.25, 0.3) is 0 Å². The minimum atomic E-state index is -0.173. The summed E-state index contributed by atoms with van der Waals surface area (Å²) in [6.45, 7) is 0. The molecule has 0 bridgehead atoms. The predicted octanol–water partition coefficient (Wildman–Crippen LogP) is 2.41. The van der Waals surface area contributed by atoms with Gasteiger partial charge in [-0.05, 0) is 25.7 Å². The summed E-state index contributed by atoms with van der Waals surface area (Å²) in [6, 6.07) is 0. The van der Waals surface area contributed by atoms with Gasteiger partial charge in [-0.25, -0.2) is 5.43 Å². The summed E-state index contributed by atoms with van der Waals surface area (Å²) in [5.41, 5.74) is 3.43. The van der Waals surface area contributed by atoms with Crippen LogP contribution in [0.5, 0.6) is 0 Å². The van der Waals surface area contributed by atoms with Crippen molar-refractivity contribution >= 4 is 38.0 Å². The molecule has 0 atom stereocenters. The van der Waals surface area contributed by atoms with E-state index in [-0.39, 0.29) is 3.91 Å². The summed E-state index contributed by atoms with van der Waals surface area (Å²) < 4.78 is -0.173. The van der Waals surface area contributed by atoms with Crippen LogP contribution in [-0.4, -0.2) is 15.4 Å². The van der Waals surface area contributed by atoms with Crippen LogP contribution in [-0.2, 0) is 4.79 Å². The van der Waals surface area contributed by atoms with Crippen LogP contribution in [0, 0.1) is 0 Å². The quantitative estimate of drug-likeness (QED) is 0.350. The smallest absolute Gasteiger partial charge is 0.300 e. The maximum atomic E-state index is 11.1. The molecule has 1 fully saturated rings. The molecule has 0 aromatic heterocycles. The molecule has 5 heteroatoms. The number of nitrogens with zero attached hydrogens (tertiary/aromatic N) is 1. The minimum Gasteiger partial charge on any atom is -0.300 e. The molecule has 1 N–H and O–H groups in total. The number of hydrogen-bond donors (Lipinski definition) is 1. The second-order valence-electron chi connectivity index (χ2n) is 3.31. The number of amides is 1. The van der Waals surface area contributed by atoms with Gasteiger partial charge in [0, 0.05) is 41.1 Å². The summed E-state index contributed by atoms with van der Waals surface area (Å²) in [5, 5.41) is 4.01. The molecule has 0 spiro atoms. The van der Waals surface area contributed by atoms with Crippen molar-refractivity contribution in [3.05, 3.63) is 0 Å². The number of hydrazone groups is 1. The molecule has 1 aliphatic rings. The van der Waals surface area contributed by atoms with Gasteiger partial charge in [0.05, 0.1) is 0 Å². The van der Waals surface area contributed by atoms with Crippen LogP contribution >= 0.6 is 22.6 Å². The Morgan fingerprint density at radius 3 is 2.29 bits per heavy atom. The van der Waals surface area contributed by atoms with E-state index in [1.807, 2.05) is 0 Å². The number of carbonyl (C=O) groups is 2. The van der Waals surface area contributed by atoms with E-state index < -0.39 is 0 Å². The number of nitrogens with one attached hydrogen (secondary N) is 1. The molecule has 1 saturated carbocycles. The van der Waals surface area contributed by atoms with Crippen LogP contribution in [0.4, 0.5) is 4.79 Å². The Kier molecular flexibility index (Phi) is 5.06. The highest BCUT2D eigenvalue weighted by molar-refractivity contribution is 14.1. The van der Waals surface area contributed by atoms with Gasteiger partial charge in [-0.3, -0.25) is 9.59 Å². The van der Waals surface area contributed by atoms with Crippen molar-refractivity contribution in [1.29, 1.82) is 0 Å². The molecule has 78 valence electrons. The van der Waals surface area contributed by atoms with Crippen molar-refractivity contribution < 1.29 is 9.59 Å². The normalized spacial score (nSPS) is 18.4. The van der Waals surface area contributed by atoms with Gasteiger partial charge in [-0.1, -0.05) is 0 Å². The number of halogens is 1. The minimum absolute atomic E-state index is 0.173. The standard InChI is InChI=1S/C9H13IN2O2/c10-9(14)12-11-7-3-1-5-8(13)6-2-4-7/h1-6H2,(H,12,14). The van der Waals surface area contributed by atoms with E-state index in [0.29, 0.717) is 18.6 Å². The SMILES string of the molecule is O=C1CCCC(=NNC(=O)I)CCC1. The first-order chi connectivity index (χ1) is 6.68. The maximum Gasteiger partial charge on any atom is 0.300 e. The van der Waals surface area contributed by atoms with Gasteiger partial charge in [-0.15, -0.1) is 0 Å². The van der Waals surface area contributed by atoms with Crippen molar-refractivity contribution in [1.82, 2.24) is 5.43 Å². The Bertz CT molecular complexity index is 250. The third kappa shape index (κ3) is 4.69. The molecule has 1 rings (SSSR count). The van der Waals surface area contributed by atoms with Gasteiger partial charge >= 0.3 is 3.91 Å². The van der Waals surface area contributed by atoms with E-state index in [1.54, 1.807) is 22.6 Å².